The van der Waals surface area contributed by atoms with E-state index in [4.69, 9.17) is 0 Å². The van der Waals surface area contributed by atoms with Gasteiger partial charge in [0.25, 0.3) is 0 Å². The van der Waals surface area contributed by atoms with Crippen LogP contribution in [0.25, 0.3) is 0 Å². The Morgan fingerprint density at radius 2 is 2.20 bits per heavy atom. The highest BCUT2D eigenvalue weighted by Crippen LogP contribution is 2.32. The zero-order valence-corrected chi connectivity index (χ0v) is 9.12. The molecule has 0 aromatic carbocycles. The molecule has 1 saturated carbocycles. The highest BCUT2D eigenvalue weighted by atomic mass is 16.1. The maximum Gasteiger partial charge on any atom is 0.132 e. The molecule has 1 aromatic heterocycles. The second-order valence-electron chi connectivity index (χ2n) is 4.29. The molecule has 1 fully saturated rings. The van der Waals surface area contributed by atoms with Gasteiger partial charge in [-0.15, -0.1) is 0 Å². The van der Waals surface area contributed by atoms with Crippen molar-refractivity contribution >= 4 is 5.78 Å². The monoisotopic (exact) mass is 206 g/mol. The largest absolute Gasteiger partial charge is 0.367 e. The zero-order chi connectivity index (χ0) is 10.7. The van der Waals surface area contributed by atoms with Gasteiger partial charge < -0.3 is 10.3 Å². The Morgan fingerprint density at radius 1 is 1.47 bits per heavy atom. The summed E-state index contributed by atoms with van der Waals surface area (Å²) in [6.45, 7) is 0. The van der Waals surface area contributed by atoms with Gasteiger partial charge in [-0.25, -0.2) is 0 Å². The Morgan fingerprint density at radius 3 is 2.73 bits per heavy atom. The summed E-state index contributed by atoms with van der Waals surface area (Å²) in [5.74, 6) is 1.03. The number of rotatable bonds is 3. The summed E-state index contributed by atoms with van der Waals surface area (Å²) in [4.78, 5) is 14.3. The Bertz CT molecular complexity index is 308. The first-order valence-corrected chi connectivity index (χ1v) is 5.63. The molecule has 1 unspecified atom stereocenters. The standard InChI is InChI=1S/C12H18N2O/c1-13-12(10-6-7-14-8-10)9-2-4-11(15)5-3-9/h6-9,12-14H,2-5H2,1H3. The van der Waals surface area contributed by atoms with E-state index in [0.29, 0.717) is 17.7 Å². The summed E-state index contributed by atoms with van der Waals surface area (Å²) in [5, 5.41) is 3.36. The van der Waals surface area contributed by atoms with Gasteiger partial charge in [0.1, 0.15) is 5.78 Å². The summed E-state index contributed by atoms with van der Waals surface area (Å²) in [6.07, 6.45) is 7.55. The Hall–Kier alpha value is -1.09. The molecule has 0 radical (unpaired) electrons. The van der Waals surface area contributed by atoms with Crippen molar-refractivity contribution in [2.24, 2.45) is 5.92 Å². The van der Waals surface area contributed by atoms with E-state index in [-0.39, 0.29) is 0 Å². The average molecular weight is 206 g/mol. The van der Waals surface area contributed by atoms with Crippen LogP contribution in [0.5, 0.6) is 0 Å². The minimum Gasteiger partial charge on any atom is -0.367 e. The van der Waals surface area contributed by atoms with Crippen LogP contribution >= 0.6 is 0 Å². The maximum absolute atomic E-state index is 11.2. The number of H-pyrrole nitrogens is 1. The summed E-state index contributed by atoms with van der Waals surface area (Å²) in [7, 11) is 1.99. The summed E-state index contributed by atoms with van der Waals surface area (Å²) in [5.41, 5.74) is 1.30. The molecule has 0 amide bonds. The second kappa shape index (κ2) is 4.62. The van der Waals surface area contributed by atoms with Crippen molar-refractivity contribution in [1.29, 1.82) is 0 Å². The van der Waals surface area contributed by atoms with Crippen LogP contribution in [0.1, 0.15) is 37.3 Å². The third kappa shape index (κ3) is 2.29. The van der Waals surface area contributed by atoms with Gasteiger partial charge in [-0.1, -0.05) is 0 Å². The van der Waals surface area contributed by atoms with E-state index < -0.39 is 0 Å². The number of hydrogen-bond donors (Lipinski definition) is 2. The molecule has 3 nitrogen and oxygen atoms in total. The van der Waals surface area contributed by atoms with Crippen molar-refractivity contribution in [2.45, 2.75) is 31.7 Å². The molecule has 0 aliphatic heterocycles. The van der Waals surface area contributed by atoms with Crippen LogP contribution in [0.2, 0.25) is 0 Å². The number of aromatic amines is 1. The fourth-order valence-electron chi connectivity index (χ4n) is 2.50. The Labute approximate surface area is 90.3 Å². The molecule has 1 aliphatic rings. The number of carbonyl (C=O) groups is 1. The molecule has 1 aromatic rings. The number of aromatic nitrogens is 1. The number of Topliss-reactive ketones (excluding diaryl/α,β-unsaturated/α-hetero) is 1. The molecule has 0 saturated heterocycles. The van der Waals surface area contributed by atoms with Crippen molar-refractivity contribution in [3.05, 3.63) is 24.0 Å². The van der Waals surface area contributed by atoms with Crippen LogP contribution < -0.4 is 5.32 Å². The predicted molar refractivity (Wildman–Crippen MR) is 59.6 cm³/mol. The van der Waals surface area contributed by atoms with Gasteiger partial charge in [-0.2, -0.15) is 0 Å². The van der Waals surface area contributed by atoms with Crippen LogP contribution in [0.15, 0.2) is 18.5 Å². The SMILES string of the molecule is CNC(c1cc[nH]c1)C1CCC(=O)CC1. The van der Waals surface area contributed by atoms with Gasteiger partial charge in [0.15, 0.2) is 0 Å². The van der Waals surface area contributed by atoms with E-state index in [0.717, 1.165) is 25.7 Å². The fourth-order valence-corrected chi connectivity index (χ4v) is 2.50. The third-order valence-electron chi connectivity index (χ3n) is 3.35. The molecule has 0 bridgehead atoms. The van der Waals surface area contributed by atoms with Gasteiger partial charge in [-0.3, -0.25) is 4.79 Å². The molecule has 15 heavy (non-hydrogen) atoms. The van der Waals surface area contributed by atoms with Crippen LogP contribution in [-0.4, -0.2) is 17.8 Å². The normalized spacial score (nSPS) is 20.5. The Balaban J connectivity index is 2.04. The molecule has 3 heteroatoms. The molecule has 0 spiro atoms. The van der Waals surface area contributed by atoms with E-state index in [9.17, 15) is 4.79 Å². The van der Waals surface area contributed by atoms with E-state index in [2.05, 4.69) is 16.4 Å². The molecular formula is C12H18N2O. The number of ketones is 1. The lowest BCUT2D eigenvalue weighted by molar-refractivity contribution is -0.121. The second-order valence-corrected chi connectivity index (χ2v) is 4.29. The topological polar surface area (TPSA) is 44.9 Å². The van der Waals surface area contributed by atoms with Gasteiger partial charge in [-0.05, 0) is 37.4 Å². The Kier molecular flexibility index (Phi) is 3.21. The number of nitrogens with one attached hydrogen (secondary N) is 2. The van der Waals surface area contributed by atoms with Crippen LogP contribution in [0, 0.1) is 5.92 Å². The highest BCUT2D eigenvalue weighted by molar-refractivity contribution is 5.79. The van der Waals surface area contributed by atoms with Crippen LogP contribution in [0.4, 0.5) is 0 Å². The van der Waals surface area contributed by atoms with Crippen molar-refractivity contribution in [3.63, 3.8) is 0 Å². The van der Waals surface area contributed by atoms with E-state index in [1.54, 1.807) is 0 Å². The smallest absolute Gasteiger partial charge is 0.132 e. The van der Waals surface area contributed by atoms with Gasteiger partial charge >= 0.3 is 0 Å². The molecule has 82 valence electrons. The lowest BCUT2D eigenvalue weighted by Crippen LogP contribution is -2.28. The minimum absolute atomic E-state index is 0.393. The van der Waals surface area contributed by atoms with Crippen molar-refractivity contribution in [2.75, 3.05) is 7.05 Å². The zero-order valence-electron chi connectivity index (χ0n) is 9.12. The first-order valence-electron chi connectivity index (χ1n) is 5.63. The maximum atomic E-state index is 11.2. The molecule has 1 aliphatic carbocycles. The third-order valence-corrected chi connectivity index (χ3v) is 3.35. The van der Waals surface area contributed by atoms with Crippen LogP contribution in [-0.2, 0) is 4.79 Å². The predicted octanol–water partition coefficient (Wildman–Crippen LogP) is 2.03. The van der Waals surface area contributed by atoms with E-state index in [1.807, 2.05) is 19.4 Å². The molecule has 2 rings (SSSR count). The van der Waals surface area contributed by atoms with Crippen molar-refractivity contribution in [3.8, 4) is 0 Å². The quantitative estimate of drug-likeness (QED) is 0.795. The van der Waals surface area contributed by atoms with E-state index in [1.165, 1.54) is 5.56 Å². The lowest BCUT2D eigenvalue weighted by Gasteiger charge is -2.29. The number of hydrogen-bond acceptors (Lipinski definition) is 2. The molecule has 1 heterocycles. The fraction of sp³-hybridized carbons (Fsp3) is 0.583. The van der Waals surface area contributed by atoms with Crippen LogP contribution in [0.3, 0.4) is 0 Å². The minimum atomic E-state index is 0.393. The molecule has 1 atom stereocenters. The average Bonchev–Trinajstić information content (AvgIpc) is 2.75. The highest BCUT2D eigenvalue weighted by Gasteiger charge is 2.26. The first kappa shape index (κ1) is 10.4. The van der Waals surface area contributed by atoms with Gasteiger partial charge in [0.2, 0.25) is 0 Å². The summed E-state index contributed by atoms with van der Waals surface area (Å²) >= 11 is 0. The summed E-state index contributed by atoms with van der Waals surface area (Å²) < 4.78 is 0. The van der Waals surface area contributed by atoms with Crippen molar-refractivity contribution < 1.29 is 4.79 Å². The van der Waals surface area contributed by atoms with Gasteiger partial charge in [0, 0.05) is 31.3 Å². The summed E-state index contributed by atoms with van der Waals surface area (Å²) in [6, 6.07) is 2.50. The van der Waals surface area contributed by atoms with Gasteiger partial charge in [0.05, 0.1) is 0 Å². The van der Waals surface area contributed by atoms with Crippen molar-refractivity contribution in [1.82, 2.24) is 10.3 Å². The molecular weight excluding hydrogens is 188 g/mol. The van der Waals surface area contributed by atoms with E-state index >= 15 is 0 Å². The lowest BCUT2D eigenvalue weighted by atomic mass is 9.81. The first-order chi connectivity index (χ1) is 7.31. The molecule has 2 N–H and O–H groups in total. The number of carbonyl (C=O) groups excluding carboxylic acids is 1.